The molecule has 0 aromatic heterocycles. The summed E-state index contributed by atoms with van der Waals surface area (Å²) in [6.07, 6.45) is 5.10. The predicted octanol–water partition coefficient (Wildman–Crippen LogP) is 2.15. The summed E-state index contributed by atoms with van der Waals surface area (Å²) in [6.45, 7) is 1.71. The quantitative estimate of drug-likeness (QED) is 0.864. The number of amides is 3. The molecule has 2 heterocycles. The minimum atomic E-state index is -0.265. The molecule has 0 radical (unpaired) electrons. The van der Waals surface area contributed by atoms with Gasteiger partial charge in [-0.3, -0.25) is 4.79 Å². The van der Waals surface area contributed by atoms with E-state index in [1.165, 1.54) is 25.7 Å². The normalized spacial score (nSPS) is 25.5. The molecule has 132 valence electrons. The molecule has 1 aliphatic carbocycles. The van der Waals surface area contributed by atoms with Crippen molar-refractivity contribution in [3.8, 4) is 0 Å². The number of ether oxygens (including phenoxy) is 1. The number of benzene rings is 1. The smallest absolute Gasteiger partial charge is 0.321 e. The molecule has 0 spiro atoms. The van der Waals surface area contributed by atoms with Gasteiger partial charge in [0.2, 0.25) is 5.90 Å². The van der Waals surface area contributed by atoms with Crippen molar-refractivity contribution in [2.24, 2.45) is 16.9 Å². The van der Waals surface area contributed by atoms with Crippen molar-refractivity contribution in [1.29, 1.82) is 0 Å². The molecule has 7 nitrogen and oxygen atoms in total. The predicted molar refractivity (Wildman–Crippen MR) is 93.1 cm³/mol. The first-order chi connectivity index (χ1) is 12.2. The summed E-state index contributed by atoms with van der Waals surface area (Å²) < 4.78 is 5.28. The Morgan fingerprint density at radius 2 is 1.84 bits per heavy atom. The van der Waals surface area contributed by atoms with Crippen molar-refractivity contribution in [3.05, 3.63) is 29.8 Å². The third kappa shape index (κ3) is 3.45. The van der Waals surface area contributed by atoms with Crippen LogP contribution in [0.4, 0.5) is 10.5 Å². The van der Waals surface area contributed by atoms with E-state index >= 15 is 0 Å². The van der Waals surface area contributed by atoms with E-state index in [0.29, 0.717) is 17.7 Å². The summed E-state index contributed by atoms with van der Waals surface area (Å²) in [4.78, 5) is 25.5. The van der Waals surface area contributed by atoms with Crippen LogP contribution in [-0.4, -0.2) is 42.4 Å². The van der Waals surface area contributed by atoms with Gasteiger partial charge in [0.05, 0.1) is 0 Å². The van der Waals surface area contributed by atoms with Crippen LogP contribution in [0.2, 0.25) is 0 Å². The fourth-order valence-electron chi connectivity index (χ4n) is 3.93. The lowest BCUT2D eigenvalue weighted by Gasteiger charge is -2.22. The minimum Gasteiger partial charge on any atom is -0.466 e. The van der Waals surface area contributed by atoms with Gasteiger partial charge in [-0.1, -0.05) is 12.8 Å². The van der Waals surface area contributed by atoms with Crippen LogP contribution in [0.5, 0.6) is 0 Å². The van der Waals surface area contributed by atoms with E-state index in [2.05, 4.69) is 15.8 Å². The topological polar surface area (TPSA) is 83.0 Å². The van der Waals surface area contributed by atoms with E-state index in [1.54, 1.807) is 0 Å². The van der Waals surface area contributed by atoms with Crippen molar-refractivity contribution in [3.63, 3.8) is 0 Å². The van der Waals surface area contributed by atoms with E-state index in [4.69, 9.17) is 4.74 Å². The standard InChI is InChI=1S/C18H22N4O3/c23-16-11-25-17(21-20-16)12-5-7-15(8-6-12)19-18(24)22-9-13-3-1-2-4-14(13)10-22/h5-8,13-14H,1-4,9-11H2,(H,19,24)(H,20,23)/t13-,14+. The highest BCUT2D eigenvalue weighted by Gasteiger charge is 2.36. The lowest BCUT2D eigenvalue weighted by molar-refractivity contribution is -0.124. The SMILES string of the molecule is O=C1COC(c2ccc(NC(=O)N3C[C@H]4CCCC[C@H]4C3)cc2)=NN1. The highest BCUT2D eigenvalue weighted by atomic mass is 16.5. The molecule has 1 aromatic carbocycles. The number of likely N-dealkylation sites (tertiary alicyclic amines) is 1. The Hall–Kier alpha value is -2.57. The summed E-state index contributed by atoms with van der Waals surface area (Å²) in [5.41, 5.74) is 3.88. The summed E-state index contributed by atoms with van der Waals surface area (Å²) in [7, 11) is 0. The maximum atomic E-state index is 12.5. The number of carbonyl (C=O) groups excluding carboxylic acids is 2. The van der Waals surface area contributed by atoms with Crippen LogP contribution in [-0.2, 0) is 9.53 Å². The Balaban J connectivity index is 1.36. The summed E-state index contributed by atoms with van der Waals surface area (Å²) >= 11 is 0. The van der Waals surface area contributed by atoms with Crippen molar-refractivity contribution in [2.75, 3.05) is 25.0 Å². The largest absolute Gasteiger partial charge is 0.466 e. The molecule has 2 atom stereocenters. The third-order valence-corrected chi connectivity index (χ3v) is 5.27. The van der Waals surface area contributed by atoms with Crippen LogP contribution in [0.3, 0.4) is 0 Å². The van der Waals surface area contributed by atoms with E-state index < -0.39 is 0 Å². The molecule has 1 saturated heterocycles. The van der Waals surface area contributed by atoms with E-state index in [9.17, 15) is 9.59 Å². The van der Waals surface area contributed by atoms with Gasteiger partial charge in [-0.15, -0.1) is 5.10 Å². The van der Waals surface area contributed by atoms with Crippen molar-refractivity contribution in [1.82, 2.24) is 10.3 Å². The zero-order valence-corrected chi connectivity index (χ0v) is 14.0. The fourth-order valence-corrected chi connectivity index (χ4v) is 3.93. The second kappa shape index (κ2) is 6.74. The van der Waals surface area contributed by atoms with Crippen LogP contribution < -0.4 is 10.7 Å². The number of rotatable bonds is 2. The lowest BCUT2D eigenvalue weighted by Crippen LogP contribution is -2.33. The molecular weight excluding hydrogens is 320 g/mol. The zero-order valence-electron chi connectivity index (χ0n) is 14.0. The Labute approximate surface area is 146 Å². The van der Waals surface area contributed by atoms with Gasteiger partial charge in [0.25, 0.3) is 5.91 Å². The number of nitrogens with one attached hydrogen (secondary N) is 2. The Kier molecular flexibility index (Phi) is 4.29. The molecule has 3 amide bonds. The number of anilines is 1. The number of hydrazone groups is 1. The highest BCUT2D eigenvalue weighted by molar-refractivity contribution is 5.98. The van der Waals surface area contributed by atoms with Gasteiger partial charge in [0.1, 0.15) is 0 Å². The van der Waals surface area contributed by atoms with Gasteiger partial charge in [-0.25, -0.2) is 10.2 Å². The Morgan fingerprint density at radius 3 is 2.44 bits per heavy atom. The summed E-state index contributed by atoms with van der Waals surface area (Å²) in [5, 5.41) is 6.84. The molecule has 3 aliphatic rings. The molecular formula is C18H22N4O3. The first-order valence-corrected chi connectivity index (χ1v) is 8.85. The first-order valence-electron chi connectivity index (χ1n) is 8.85. The van der Waals surface area contributed by atoms with Gasteiger partial charge in [-0.05, 0) is 48.9 Å². The van der Waals surface area contributed by atoms with Crippen LogP contribution in [0.1, 0.15) is 31.2 Å². The number of hydrogen-bond acceptors (Lipinski definition) is 4. The van der Waals surface area contributed by atoms with Crippen LogP contribution in [0.15, 0.2) is 29.4 Å². The molecule has 1 aromatic rings. The number of fused-ring (bicyclic) bond motifs is 1. The second-order valence-electron chi connectivity index (χ2n) is 6.96. The average Bonchev–Trinajstić information content (AvgIpc) is 3.07. The highest BCUT2D eigenvalue weighted by Crippen LogP contribution is 2.36. The molecule has 4 rings (SSSR count). The lowest BCUT2D eigenvalue weighted by atomic mass is 9.82. The number of urea groups is 1. The monoisotopic (exact) mass is 342 g/mol. The molecule has 2 fully saturated rings. The van der Waals surface area contributed by atoms with E-state index in [-0.39, 0.29) is 18.5 Å². The van der Waals surface area contributed by atoms with Gasteiger partial charge in [-0.2, -0.15) is 0 Å². The summed E-state index contributed by atoms with van der Waals surface area (Å²) in [5.74, 6) is 1.47. The van der Waals surface area contributed by atoms with Crippen molar-refractivity contribution >= 4 is 23.5 Å². The zero-order chi connectivity index (χ0) is 17.2. The average molecular weight is 342 g/mol. The van der Waals surface area contributed by atoms with Crippen LogP contribution in [0, 0.1) is 11.8 Å². The van der Waals surface area contributed by atoms with E-state index in [0.717, 1.165) is 24.3 Å². The van der Waals surface area contributed by atoms with Crippen molar-refractivity contribution in [2.45, 2.75) is 25.7 Å². The maximum Gasteiger partial charge on any atom is 0.321 e. The molecule has 2 aliphatic heterocycles. The first kappa shape index (κ1) is 15.9. The second-order valence-corrected chi connectivity index (χ2v) is 6.96. The third-order valence-electron chi connectivity index (χ3n) is 5.27. The molecule has 2 N–H and O–H groups in total. The summed E-state index contributed by atoms with van der Waals surface area (Å²) in [6, 6.07) is 7.24. The molecule has 0 unspecified atom stereocenters. The van der Waals surface area contributed by atoms with Gasteiger partial charge in [0, 0.05) is 24.3 Å². The maximum absolute atomic E-state index is 12.5. The number of nitrogens with zero attached hydrogens (tertiary/aromatic N) is 2. The van der Waals surface area contributed by atoms with Crippen LogP contribution >= 0.6 is 0 Å². The Bertz CT molecular complexity index is 687. The fraction of sp³-hybridized carbons (Fsp3) is 0.500. The minimum absolute atomic E-state index is 0.0272. The Morgan fingerprint density at radius 1 is 1.16 bits per heavy atom. The van der Waals surface area contributed by atoms with E-state index in [1.807, 2.05) is 29.2 Å². The van der Waals surface area contributed by atoms with Gasteiger partial charge >= 0.3 is 6.03 Å². The molecule has 25 heavy (non-hydrogen) atoms. The molecule has 7 heteroatoms. The van der Waals surface area contributed by atoms with Crippen LogP contribution in [0.25, 0.3) is 0 Å². The number of hydrogen-bond donors (Lipinski definition) is 2. The molecule has 0 bridgehead atoms. The van der Waals surface area contributed by atoms with Gasteiger partial charge < -0.3 is 15.0 Å². The van der Waals surface area contributed by atoms with Crippen molar-refractivity contribution < 1.29 is 14.3 Å². The molecule has 1 saturated carbocycles. The van der Waals surface area contributed by atoms with Gasteiger partial charge in [0.15, 0.2) is 6.61 Å². The number of carbonyl (C=O) groups is 2.